The highest BCUT2D eigenvalue weighted by Crippen LogP contribution is 2.25. The molecule has 2 unspecified atom stereocenters. The standard InChI is InChI=1S/C17H25N3O3S/c18-15-4-1-3-12-6-7-13(9-14(12)10-15)17(21)20-8-2-5-16(20)11-24(19,22)23/h6-7,9,15-16H,1-5,8,10-11,18H2,(H2,19,22,23). The van der Waals surface area contributed by atoms with Crippen molar-refractivity contribution in [1.29, 1.82) is 0 Å². The monoisotopic (exact) mass is 351 g/mol. The molecule has 0 spiro atoms. The van der Waals surface area contributed by atoms with Crippen LogP contribution < -0.4 is 10.9 Å². The van der Waals surface area contributed by atoms with Crippen molar-refractivity contribution < 1.29 is 13.2 Å². The number of nitrogens with zero attached hydrogens (tertiary/aromatic N) is 1. The molecule has 2 aliphatic rings. The van der Waals surface area contributed by atoms with Gasteiger partial charge in [-0.05, 0) is 61.8 Å². The fraction of sp³-hybridized carbons (Fsp3) is 0.588. The minimum absolute atomic E-state index is 0.109. The first-order valence-electron chi connectivity index (χ1n) is 8.52. The maximum absolute atomic E-state index is 12.9. The van der Waals surface area contributed by atoms with Crippen molar-refractivity contribution in [1.82, 2.24) is 4.90 Å². The van der Waals surface area contributed by atoms with E-state index in [2.05, 4.69) is 0 Å². The van der Waals surface area contributed by atoms with Crippen LogP contribution in [0.25, 0.3) is 0 Å². The summed E-state index contributed by atoms with van der Waals surface area (Å²) in [6, 6.07) is 5.62. The molecule has 1 aromatic rings. The Hall–Kier alpha value is -1.44. The third-order valence-electron chi connectivity index (χ3n) is 5.02. The van der Waals surface area contributed by atoms with Crippen molar-refractivity contribution in [3.05, 3.63) is 34.9 Å². The number of nitrogens with two attached hydrogens (primary N) is 2. The number of primary sulfonamides is 1. The van der Waals surface area contributed by atoms with Gasteiger partial charge < -0.3 is 10.6 Å². The number of hydrogen-bond donors (Lipinski definition) is 2. The Morgan fingerprint density at radius 2 is 2.00 bits per heavy atom. The molecule has 1 amide bonds. The molecule has 1 saturated heterocycles. The van der Waals surface area contributed by atoms with E-state index in [1.165, 1.54) is 5.56 Å². The van der Waals surface area contributed by atoms with Crippen LogP contribution in [0.2, 0.25) is 0 Å². The number of hydrogen-bond acceptors (Lipinski definition) is 4. The van der Waals surface area contributed by atoms with E-state index >= 15 is 0 Å². The largest absolute Gasteiger partial charge is 0.335 e. The SMILES string of the molecule is NC1CCCc2ccc(C(=O)N3CCCC3CS(N)(=O)=O)cc2C1. The van der Waals surface area contributed by atoms with E-state index < -0.39 is 10.0 Å². The normalized spacial score (nSPS) is 24.5. The summed E-state index contributed by atoms with van der Waals surface area (Å²) in [4.78, 5) is 14.5. The van der Waals surface area contributed by atoms with Gasteiger partial charge in [-0.3, -0.25) is 4.79 Å². The number of carbonyl (C=O) groups excluding carboxylic acids is 1. The van der Waals surface area contributed by atoms with Crippen LogP contribution >= 0.6 is 0 Å². The minimum Gasteiger partial charge on any atom is -0.335 e. The molecule has 132 valence electrons. The highest BCUT2D eigenvalue weighted by atomic mass is 32.2. The Kier molecular flexibility index (Phi) is 4.94. The first-order valence-corrected chi connectivity index (χ1v) is 10.2. The number of aryl methyl sites for hydroxylation is 1. The van der Waals surface area contributed by atoms with Gasteiger partial charge in [-0.25, -0.2) is 13.6 Å². The number of benzene rings is 1. The van der Waals surface area contributed by atoms with Crippen molar-refractivity contribution in [2.75, 3.05) is 12.3 Å². The third-order valence-corrected chi connectivity index (χ3v) is 5.87. The Balaban J connectivity index is 1.82. The van der Waals surface area contributed by atoms with Crippen molar-refractivity contribution in [2.24, 2.45) is 10.9 Å². The van der Waals surface area contributed by atoms with Gasteiger partial charge in [0.2, 0.25) is 10.0 Å². The number of sulfonamides is 1. The Bertz CT molecular complexity index is 733. The second kappa shape index (κ2) is 6.82. The lowest BCUT2D eigenvalue weighted by Crippen LogP contribution is -2.41. The fourth-order valence-corrected chi connectivity index (χ4v) is 4.73. The molecule has 0 radical (unpaired) electrons. The Morgan fingerprint density at radius 1 is 1.21 bits per heavy atom. The number of carbonyl (C=O) groups is 1. The summed E-state index contributed by atoms with van der Waals surface area (Å²) in [5.74, 6) is -0.282. The topological polar surface area (TPSA) is 106 Å². The molecule has 24 heavy (non-hydrogen) atoms. The summed E-state index contributed by atoms with van der Waals surface area (Å²) in [6.45, 7) is 0.579. The molecule has 7 heteroatoms. The predicted molar refractivity (Wildman–Crippen MR) is 93.1 cm³/mol. The van der Waals surface area contributed by atoms with Gasteiger partial charge >= 0.3 is 0 Å². The van der Waals surface area contributed by atoms with Crippen LogP contribution in [0.15, 0.2) is 18.2 Å². The summed E-state index contributed by atoms with van der Waals surface area (Å²) in [5.41, 5.74) is 9.14. The van der Waals surface area contributed by atoms with Crippen LogP contribution in [0.1, 0.15) is 47.2 Å². The van der Waals surface area contributed by atoms with Gasteiger partial charge in [-0.1, -0.05) is 6.07 Å². The lowest BCUT2D eigenvalue weighted by Gasteiger charge is -2.24. The van der Waals surface area contributed by atoms with Crippen LogP contribution in [0.5, 0.6) is 0 Å². The zero-order valence-electron chi connectivity index (χ0n) is 13.8. The molecule has 0 bridgehead atoms. The number of fused-ring (bicyclic) bond motifs is 1. The van der Waals surface area contributed by atoms with E-state index in [4.69, 9.17) is 10.9 Å². The Labute approximate surface area is 143 Å². The van der Waals surface area contributed by atoms with Gasteiger partial charge in [0.05, 0.1) is 5.75 Å². The lowest BCUT2D eigenvalue weighted by molar-refractivity contribution is 0.0749. The molecule has 6 nitrogen and oxygen atoms in total. The minimum atomic E-state index is -3.59. The molecule has 1 fully saturated rings. The molecule has 1 aliphatic heterocycles. The molecule has 1 heterocycles. The quantitative estimate of drug-likeness (QED) is 0.785. The second-order valence-corrected chi connectivity index (χ2v) is 8.62. The maximum atomic E-state index is 12.9. The molecule has 0 saturated carbocycles. The molecular weight excluding hydrogens is 326 g/mol. The molecule has 4 N–H and O–H groups in total. The predicted octanol–water partition coefficient (Wildman–Crippen LogP) is 0.786. The highest BCUT2D eigenvalue weighted by molar-refractivity contribution is 7.89. The van der Waals surface area contributed by atoms with Gasteiger partial charge in [0, 0.05) is 24.2 Å². The molecule has 2 atom stereocenters. The van der Waals surface area contributed by atoms with E-state index in [-0.39, 0.29) is 23.7 Å². The summed E-state index contributed by atoms with van der Waals surface area (Å²) >= 11 is 0. The average molecular weight is 351 g/mol. The fourth-order valence-electron chi connectivity index (χ4n) is 3.84. The average Bonchev–Trinajstić information content (AvgIpc) is 2.84. The molecule has 3 rings (SSSR count). The van der Waals surface area contributed by atoms with Gasteiger partial charge in [0.25, 0.3) is 5.91 Å². The summed E-state index contributed by atoms with van der Waals surface area (Å²) in [5, 5.41) is 5.16. The molecule has 1 aromatic carbocycles. The van der Waals surface area contributed by atoms with Crippen molar-refractivity contribution >= 4 is 15.9 Å². The van der Waals surface area contributed by atoms with Crippen LogP contribution in [-0.2, 0) is 22.9 Å². The lowest BCUT2D eigenvalue weighted by atomic mass is 9.98. The van der Waals surface area contributed by atoms with Crippen molar-refractivity contribution in [2.45, 2.75) is 50.6 Å². The highest BCUT2D eigenvalue weighted by Gasteiger charge is 2.32. The molecular formula is C17H25N3O3S. The summed E-state index contributed by atoms with van der Waals surface area (Å²) in [6.07, 6.45) is 5.34. The zero-order chi connectivity index (χ0) is 17.3. The molecule has 1 aliphatic carbocycles. The van der Waals surface area contributed by atoms with Gasteiger partial charge in [0.15, 0.2) is 0 Å². The maximum Gasteiger partial charge on any atom is 0.254 e. The smallest absolute Gasteiger partial charge is 0.254 e. The summed E-state index contributed by atoms with van der Waals surface area (Å²) in [7, 11) is -3.59. The van der Waals surface area contributed by atoms with Gasteiger partial charge in [-0.2, -0.15) is 0 Å². The van der Waals surface area contributed by atoms with E-state index in [0.29, 0.717) is 18.5 Å². The summed E-state index contributed by atoms with van der Waals surface area (Å²) < 4.78 is 22.8. The first kappa shape index (κ1) is 17.4. The van der Waals surface area contributed by atoms with E-state index in [0.717, 1.165) is 37.7 Å². The van der Waals surface area contributed by atoms with Crippen LogP contribution in [0.4, 0.5) is 0 Å². The number of amides is 1. The number of rotatable bonds is 3. The van der Waals surface area contributed by atoms with Crippen molar-refractivity contribution in [3.63, 3.8) is 0 Å². The molecule has 0 aromatic heterocycles. The van der Waals surface area contributed by atoms with Crippen LogP contribution in [-0.4, -0.2) is 43.6 Å². The second-order valence-electron chi connectivity index (χ2n) is 6.96. The third kappa shape index (κ3) is 3.96. The van der Waals surface area contributed by atoms with Crippen LogP contribution in [0, 0.1) is 0 Å². The van der Waals surface area contributed by atoms with Crippen LogP contribution in [0.3, 0.4) is 0 Å². The van der Waals surface area contributed by atoms with Crippen molar-refractivity contribution in [3.8, 4) is 0 Å². The van der Waals surface area contributed by atoms with E-state index in [1.807, 2.05) is 18.2 Å². The van der Waals surface area contributed by atoms with E-state index in [9.17, 15) is 13.2 Å². The van der Waals surface area contributed by atoms with Gasteiger partial charge in [0.1, 0.15) is 0 Å². The number of likely N-dealkylation sites (tertiary alicyclic amines) is 1. The Morgan fingerprint density at radius 3 is 2.75 bits per heavy atom. The first-order chi connectivity index (χ1) is 11.3. The van der Waals surface area contributed by atoms with Gasteiger partial charge in [-0.15, -0.1) is 0 Å². The van der Waals surface area contributed by atoms with E-state index in [1.54, 1.807) is 4.90 Å². The zero-order valence-corrected chi connectivity index (χ0v) is 14.6.